The van der Waals surface area contributed by atoms with Gasteiger partial charge in [0.1, 0.15) is 17.5 Å². The van der Waals surface area contributed by atoms with Gasteiger partial charge in [-0.05, 0) is 25.1 Å². The first-order valence-electron chi connectivity index (χ1n) is 11.6. The molecule has 2 aliphatic heterocycles. The van der Waals surface area contributed by atoms with E-state index in [4.69, 9.17) is 32.9 Å². The van der Waals surface area contributed by atoms with Crippen molar-refractivity contribution in [3.63, 3.8) is 0 Å². The Morgan fingerprint density at radius 2 is 2.03 bits per heavy atom. The summed E-state index contributed by atoms with van der Waals surface area (Å²) in [6.07, 6.45) is 2.37. The highest BCUT2D eigenvalue weighted by molar-refractivity contribution is 6.35. The SMILES string of the molecule is CC(Oc1ccc2[nH]nc(-c3nc4c([nH]3)CN(C(=O)CN3CC(O)C3)C4)c2c1)c1c(Cl)cncc1Cl. The van der Waals surface area contributed by atoms with Crippen LogP contribution in [-0.4, -0.2) is 71.7 Å². The number of H-pyrrole nitrogens is 2. The Labute approximate surface area is 216 Å². The minimum atomic E-state index is -0.392. The third-order valence-corrected chi connectivity index (χ3v) is 7.17. The molecule has 1 saturated heterocycles. The molecule has 1 fully saturated rings. The third-order valence-electron chi connectivity index (χ3n) is 6.57. The van der Waals surface area contributed by atoms with Crippen molar-refractivity contribution in [2.24, 2.45) is 0 Å². The van der Waals surface area contributed by atoms with Crippen molar-refractivity contribution in [2.75, 3.05) is 19.6 Å². The van der Waals surface area contributed by atoms with Gasteiger partial charge in [0.15, 0.2) is 5.82 Å². The molecular formula is C24H23Cl2N7O3. The summed E-state index contributed by atoms with van der Waals surface area (Å²) in [7, 11) is 0. The highest BCUT2D eigenvalue weighted by atomic mass is 35.5. The number of benzene rings is 1. The topological polar surface area (TPSA) is 123 Å². The quantitative estimate of drug-likeness (QED) is 0.351. The zero-order valence-corrected chi connectivity index (χ0v) is 20.8. The number of nitrogens with one attached hydrogen (secondary N) is 2. The summed E-state index contributed by atoms with van der Waals surface area (Å²) >= 11 is 12.6. The van der Waals surface area contributed by atoms with E-state index in [1.165, 1.54) is 0 Å². The first-order chi connectivity index (χ1) is 17.4. The second-order valence-electron chi connectivity index (χ2n) is 9.16. The maximum Gasteiger partial charge on any atom is 0.237 e. The lowest BCUT2D eigenvalue weighted by Gasteiger charge is -2.36. The van der Waals surface area contributed by atoms with Crippen LogP contribution in [0.15, 0.2) is 30.6 Å². The van der Waals surface area contributed by atoms with Gasteiger partial charge in [0.2, 0.25) is 5.91 Å². The molecule has 2 aliphatic rings. The Bertz CT molecular complexity index is 1420. The average molecular weight is 528 g/mol. The van der Waals surface area contributed by atoms with E-state index in [2.05, 4.69) is 20.2 Å². The number of nitrogens with zero attached hydrogens (tertiary/aromatic N) is 5. The van der Waals surface area contributed by atoms with Gasteiger partial charge in [0, 0.05) is 36.4 Å². The number of hydrogen-bond acceptors (Lipinski definition) is 7. The van der Waals surface area contributed by atoms with Crippen molar-refractivity contribution < 1.29 is 14.6 Å². The molecule has 1 aromatic carbocycles. The van der Waals surface area contributed by atoms with Gasteiger partial charge in [-0.1, -0.05) is 23.2 Å². The third kappa shape index (κ3) is 4.20. The molecule has 186 valence electrons. The summed E-state index contributed by atoms with van der Waals surface area (Å²) in [5, 5.41) is 18.7. The first-order valence-corrected chi connectivity index (χ1v) is 12.3. The van der Waals surface area contributed by atoms with E-state index < -0.39 is 6.10 Å². The van der Waals surface area contributed by atoms with E-state index in [0.29, 0.717) is 65.6 Å². The van der Waals surface area contributed by atoms with Gasteiger partial charge in [0.05, 0.1) is 52.7 Å². The van der Waals surface area contributed by atoms with Crippen LogP contribution >= 0.6 is 23.2 Å². The van der Waals surface area contributed by atoms with Crippen molar-refractivity contribution in [1.82, 2.24) is 34.9 Å². The number of pyridine rings is 1. The highest BCUT2D eigenvalue weighted by Crippen LogP contribution is 2.35. The fourth-order valence-electron chi connectivity index (χ4n) is 4.71. The number of hydrogen-bond donors (Lipinski definition) is 3. The molecular weight excluding hydrogens is 505 g/mol. The Morgan fingerprint density at radius 3 is 2.75 bits per heavy atom. The van der Waals surface area contributed by atoms with Gasteiger partial charge in [-0.2, -0.15) is 5.10 Å². The number of aliphatic hydroxyl groups excluding tert-OH is 1. The number of carbonyl (C=O) groups is 1. The predicted molar refractivity (Wildman–Crippen MR) is 134 cm³/mol. The fourth-order valence-corrected chi connectivity index (χ4v) is 5.38. The van der Waals surface area contributed by atoms with Crippen molar-refractivity contribution in [1.29, 1.82) is 0 Å². The largest absolute Gasteiger partial charge is 0.486 e. The van der Waals surface area contributed by atoms with E-state index in [-0.39, 0.29) is 12.0 Å². The van der Waals surface area contributed by atoms with E-state index in [0.717, 1.165) is 22.3 Å². The number of rotatable bonds is 6. The number of aromatic amines is 2. The first kappa shape index (κ1) is 23.2. The van der Waals surface area contributed by atoms with Crippen molar-refractivity contribution in [2.45, 2.75) is 32.2 Å². The smallest absolute Gasteiger partial charge is 0.237 e. The molecule has 0 spiro atoms. The molecule has 3 aromatic heterocycles. The maximum atomic E-state index is 12.6. The number of amides is 1. The number of aliphatic hydroxyl groups is 1. The average Bonchev–Trinajstić information content (AvgIpc) is 3.50. The molecule has 0 saturated carbocycles. The molecule has 12 heteroatoms. The van der Waals surface area contributed by atoms with Gasteiger partial charge < -0.3 is 19.7 Å². The summed E-state index contributed by atoms with van der Waals surface area (Å²) in [4.78, 5) is 28.4. The molecule has 4 aromatic rings. The van der Waals surface area contributed by atoms with Crippen LogP contribution in [0, 0.1) is 0 Å². The van der Waals surface area contributed by atoms with Crippen LogP contribution in [0.2, 0.25) is 10.0 Å². The summed E-state index contributed by atoms with van der Waals surface area (Å²) < 4.78 is 6.15. The molecule has 6 rings (SSSR count). The highest BCUT2D eigenvalue weighted by Gasteiger charge is 2.32. The van der Waals surface area contributed by atoms with Crippen molar-refractivity contribution in [3.8, 4) is 17.3 Å². The second-order valence-corrected chi connectivity index (χ2v) is 9.98. The van der Waals surface area contributed by atoms with Gasteiger partial charge >= 0.3 is 0 Å². The van der Waals surface area contributed by atoms with Gasteiger partial charge in [-0.25, -0.2) is 4.98 Å². The molecule has 0 radical (unpaired) electrons. The summed E-state index contributed by atoms with van der Waals surface area (Å²) in [6.45, 7) is 4.21. The number of likely N-dealkylation sites (tertiary alicyclic amines) is 1. The van der Waals surface area contributed by atoms with Gasteiger partial charge in [0.25, 0.3) is 0 Å². The maximum absolute atomic E-state index is 12.6. The van der Waals surface area contributed by atoms with Crippen LogP contribution < -0.4 is 4.74 Å². The summed E-state index contributed by atoms with van der Waals surface area (Å²) in [6, 6.07) is 5.65. The molecule has 1 unspecified atom stereocenters. The molecule has 3 N–H and O–H groups in total. The number of carbonyl (C=O) groups excluding carboxylic acids is 1. The Balaban J connectivity index is 1.20. The molecule has 1 amide bonds. The number of ether oxygens (including phenoxy) is 1. The lowest BCUT2D eigenvalue weighted by atomic mass is 10.1. The minimum Gasteiger partial charge on any atom is -0.486 e. The summed E-state index contributed by atoms with van der Waals surface area (Å²) in [5.74, 6) is 1.30. The van der Waals surface area contributed by atoms with Crippen LogP contribution in [0.3, 0.4) is 0 Å². The molecule has 36 heavy (non-hydrogen) atoms. The van der Waals surface area contributed by atoms with Crippen LogP contribution in [0.1, 0.15) is 30.0 Å². The molecule has 10 nitrogen and oxygen atoms in total. The normalized spacial score (nSPS) is 16.8. The Hall–Kier alpha value is -3.18. The monoisotopic (exact) mass is 527 g/mol. The lowest BCUT2D eigenvalue weighted by molar-refractivity contribution is -0.135. The summed E-state index contributed by atoms with van der Waals surface area (Å²) in [5.41, 5.74) is 3.93. The molecule has 0 bridgehead atoms. The Kier molecular flexibility index (Phi) is 5.83. The Morgan fingerprint density at radius 1 is 1.25 bits per heavy atom. The minimum absolute atomic E-state index is 0.0328. The van der Waals surface area contributed by atoms with E-state index >= 15 is 0 Å². The number of halogens is 2. The van der Waals surface area contributed by atoms with Crippen molar-refractivity contribution in [3.05, 3.63) is 57.6 Å². The zero-order chi connectivity index (χ0) is 25.0. The number of imidazole rings is 1. The number of fused-ring (bicyclic) bond motifs is 2. The standard InChI is InChI=1S/C24H23Cl2N7O3/c1-12(22-16(25)5-27-6-17(22)26)36-14-2-3-18-15(4-14)23(31-30-18)24-28-19-9-33(10-20(19)29-24)21(35)11-32-7-13(34)8-32/h2-6,12-13,34H,7-11H2,1H3,(H,28,29)(H,30,31). The zero-order valence-electron chi connectivity index (χ0n) is 19.3. The van der Waals surface area contributed by atoms with Crippen LogP contribution in [-0.2, 0) is 17.9 Å². The predicted octanol–water partition coefficient (Wildman–Crippen LogP) is 3.31. The number of β-amino-alcohol motifs (C(OH)–C–C–N with tert-alkyl or cyclic N) is 1. The van der Waals surface area contributed by atoms with E-state index in [9.17, 15) is 9.90 Å². The van der Waals surface area contributed by atoms with Crippen molar-refractivity contribution >= 4 is 40.0 Å². The van der Waals surface area contributed by atoms with Gasteiger partial charge in [-0.15, -0.1) is 0 Å². The molecule has 0 aliphatic carbocycles. The number of aromatic nitrogens is 5. The van der Waals surface area contributed by atoms with Crippen LogP contribution in [0.4, 0.5) is 0 Å². The van der Waals surface area contributed by atoms with Crippen LogP contribution in [0.25, 0.3) is 22.4 Å². The van der Waals surface area contributed by atoms with E-state index in [1.54, 1.807) is 17.3 Å². The van der Waals surface area contributed by atoms with Gasteiger partial charge in [-0.3, -0.25) is 19.8 Å². The second kappa shape index (κ2) is 9.04. The van der Waals surface area contributed by atoms with Crippen LogP contribution in [0.5, 0.6) is 5.75 Å². The lowest BCUT2D eigenvalue weighted by Crippen LogP contribution is -2.53. The van der Waals surface area contributed by atoms with E-state index in [1.807, 2.05) is 30.0 Å². The molecule has 5 heterocycles. The fraction of sp³-hybridized carbons (Fsp3) is 0.333. The molecule has 1 atom stereocenters.